The molecule has 0 radical (unpaired) electrons. The number of nitrogens with one attached hydrogen (secondary N) is 2. The van der Waals surface area contributed by atoms with Crippen molar-refractivity contribution in [1.82, 2.24) is 10.2 Å². The Bertz CT molecular complexity index is 998. The van der Waals surface area contributed by atoms with Crippen LogP contribution in [-0.4, -0.2) is 46.1 Å². The molecule has 0 spiro atoms. The van der Waals surface area contributed by atoms with Gasteiger partial charge in [0.15, 0.2) is 0 Å². The Labute approximate surface area is 201 Å². The van der Waals surface area contributed by atoms with Gasteiger partial charge in [-0.1, -0.05) is 37.3 Å². The van der Waals surface area contributed by atoms with Crippen LogP contribution >= 0.6 is 0 Å². The first kappa shape index (κ1) is 26.7. The molecule has 8 nitrogen and oxygen atoms in total. The molecule has 34 heavy (non-hydrogen) atoms. The number of aromatic hydroxyl groups is 1. The van der Waals surface area contributed by atoms with Crippen molar-refractivity contribution in [3.05, 3.63) is 59.7 Å². The molecule has 0 aliphatic rings. The van der Waals surface area contributed by atoms with Gasteiger partial charge < -0.3 is 25.4 Å². The first-order valence-corrected chi connectivity index (χ1v) is 11.4. The zero-order valence-corrected chi connectivity index (χ0v) is 20.7. The molecule has 8 heteroatoms. The van der Waals surface area contributed by atoms with E-state index in [1.54, 1.807) is 39.0 Å². The molecule has 0 heterocycles. The SMILES string of the molecule is CCC(C)N(C(=O)CNC(=O)OC(C)(C)C)C(C(=O)Nc1ccccc1C)c1ccc(O)cc1. The molecule has 0 bridgehead atoms. The number of ether oxygens (including phenoxy) is 1. The molecule has 2 atom stereocenters. The van der Waals surface area contributed by atoms with Crippen LogP contribution in [0.5, 0.6) is 5.75 Å². The van der Waals surface area contributed by atoms with Crippen LogP contribution < -0.4 is 10.6 Å². The summed E-state index contributed by atoms with van der Waals surface area (Å²) >= 11 is 0. The Kier molecular flexibility index (Phi) is 9.06. The number of nitrogens with zero attached hydrogens (tertiary/aromatic N) is 1. The Morgan fingerprint density at radius 1 is 1.06 bits per heavy atom. The van der Waals surface area contributed by atoms with Crippen LogP contribution in [0.3, 0.4) is 0 Å². The molecular weight excluding hydrogens is 434 g/mol. The van der Waals surface area contributed by atoms with E-state index >= 15 is 0 Å². The van der Waals surface area contributed by atoms with Crippen molar-refractivity contribution in [2.75, 3.05) is 11.9 Å². The topological polar surface area (TPSA) is 108 Å². The monoisotopic (exact) mass is 469 g/mol. The van der Waals surface area contributed by atoms with Crippen LogP contribution in [0.2, 0.25) is 0 Å². The number of alkyl carbamates (subject to hydrolysis) is 1. The number of benzene rings is 2. The Morgan fingerprint density at radius 3 is 2.24 bits per heavy atom. The van der Waals surface area contributed by atoms with Gasteiger partial charge in [0.25, 0.3) is 5.91 Å². The zero-order valence-electron chi connectivity index (χ0n) is 20.7. The van der Waals surface area contributed by atoms with E-state index in [0.717, 1.165) is 5.56 Å². The number of phenolic OH excluding ortho intramolecular Hbond substituents is 1. The van der Waals surface area contributed by atoms with Crippen molar-refractivity contribution in [2.24, 2.45) is 0 Å². The van der Waals surface area contributed by atoms with Gasteiger partial charge in [0, 0.05) is 11.7 Å². The summed E-state index contributed by atoms with van der Waals surface area (Å²) < 4.78 is 5.22. The number of hydrogen-bond acceptors (Lipinski definition) is 5. The third-order valence-electron chi connectivity index (χ3n) is 5.27. The lowest BCUT2D eigenvalue weighted by atomic mass is 10.0. The standard InChI is InChI=1S/C26H35N3O5/c1-7-18(3)29(22(31)16-27-25(33)34-26(4,5)6)23(19-12-14-20(30)15-13-19)24(32)28-21-11-9-8-10-17(21)2/h8-15,18,23,30H,7,16H2,1-6H3,(H,27,33)(H,28,32). The van der Waals surface area contributed by atoms with E-state index < -0.39 is 29.6 Å². The van der Waals surface area contributed by atoms with Gasteiger partial charge in [0.1, 0.15) is 23.9 Å². The quantitative estimate of drug-likeness (QED) is 0.526. The number of carbonyl (C=O) groups is 3. The van der Waals surface area contributed by atoms with Crippen LogP contribution in [0.1, 0.15) is 58.2 Å². The maximum atomic E-state index is 13.6. The third kappa shape index (κ3) is 7.50. The fourth-order valence-corrected chi connectivity index (χ4v) is 3.40. The molecule has 0 aliphatic carbocycles. The zero-order chi connectivity index (χ0) is 25.5. The van der Waals surface area contributed by atoms with E-state index in [2.05, 4.69) is 10.6 Å². The summed E-state index contributed by atoms with van der Waals surface area (Å²) in [6.45, 7) is 10.5. The summed E-state index contributed by atoms with van der Waals surface area (Å²) in [7, 11) is 0. The maximum Gasteiger partial charge on any atom is 0.408 e. The highest BCUT2D eigenvalue weighted by molar-refractivity contribution is 5.99. The Morgan fingerprint density at radius 2 is 1.68 bits per heavy atom. The van der Waals surface area contributed by atoms with Gasteiger partial charge in [-0.15, -0.1) is 0 Å². The maximum absolute atomic E-state index is 13.6. The number of amides is 3. The molecule has 2 unspecified atom stereocenters. The average Bonchev–Trinajstić information content (AvgIpc) is 2.76. The first-order chi connectivity index (χ1) is 15.9. The van der Waals surface area contributed by atoms with E-state index in [0.29, 0.717) is 17.7 Å². The van der Waals surface area contributed by atoms with Crippen LogP contribution in [0.15, 0.2) is 48.5 Å². The number of rotatable bonds is 8. The van der Waals surface area contributed by atoms with Crippen LogP contribution in [0.4, 0.5) is 10.5 Å². The van der Waals surface area contributed by atoms with Gasteiger partial charge in [0.05, 0.1) is 0 Å². The van der Waals surface area contributed by atoms with Crippen molar-refractivity contribution < 1.29 is 24.2 Å². The van der Waals surface area contributed by atoms with Crippen molar-refractivity contribution >= 4 is 23.6 Å². The minimum atomic E-state index is -0.983. The van der Waals surface area contributed by atoms with Gasteiger partial charge in [-0.05, 0) is 70.4 Å². The molecule has 0 aliphatic heterocycles. The molecule has 0 aromatic heterocycles. The van der Waals surface area contributed by atoms with E-state index in [9.17, 15) is 19.5 Å². The number of anilines is 1. The fourth-order valence-electron chi connectivity index (χ4n) is 3.40. The molecule has 2 aromatic rings. The number of hydrogen-bond donors (Lipinski definition) is 3. The third-order valence-corrected chi connectivity index (χ3v) is 5.27. The van der Waals surface area contributed by atoms with Crippen LogP contribution in [0.25, 0.3) is 0 Å². The van der Waals surface area contributed by atoms with Crippen molar-refractivity contribution in [3.8, 4) is 5.75 Å². The smallest absolute Gasteiger partial charge is 0.408 e. The van der Waals surface area contributed by atoms with E-state index in [1.165, 1.54) is 17.0 Å². The van der Waals surface area contributed by atoms with Gasteiger partial charge in [-0.2, -0.15) is 0 Å². The normalized spacial score (nSPS) is 12.9. The minimum Gasteiger partial charge on any atom is -0.508 e. The van der Waals surface area contributed by atoms with Gasteiger partial charge >= 0.3 is 6.09 Å². The first-order valence-electron chi connectivity index (χ1n) is 11.4. The predicted molar refractivity (Wildman–Crippen MR) is 131 cm³/mol. The Balaban J connectivity index is 2.38. The second-order valence-electron chi connectivity index (χ2n) is 9.21. The lowest BCUT2D eigenvalue weighted by Crippen LogP contribution is -2.50. The molecule has 2 rings (SSSR count). The summed E-state index contributed by atoms with van der Waals surface area (Å²) in [4.78, 5) is 40.5. The number of para-hydroxylation sites is 1. The van der Waals surface area contributed by atoms with Crippen molar-refractivity contribution in [3.63, 3.8) is 0 Å². The average molecular weight is 470 g/mol. The summed E-state index contributed by atoms with van der Waals surface area (Å²) in [6.07, 6.45) is -0.125. The molecule has 3 N–H and O–H groups in total. The second-order valence-corrected chi connectivity index (χ2v) is 9.21. The van der Waals surface area contributed by atoms with Gasteiger partial charge in [-0.25, -0.2) is 4.79 Å². The Hall–Kier alpha value is -3.55. The van der Waals surface area contributed by atoms with E-state index in [1.807, 2.05) is 39.0 Å². The highest BCUT2D eigenvalue weighted by Gasteiger charge is 2.34. The lowest BCUT2D eigenvalue weighted by Gasteiger charge is -2.36. The summed E-state index contributed by atoms with van der Waals surface area (Å²) in [5.74, 6) is -0.779. The van der Waals surface area contributed by atoms with Gasteiger partial charge in [0.2, 0.25) is 5.91 Å². The summed E-state index contributed by atoms with van der Waals surface area (Å²) in [6, 6.07) is 12.2. The van der Waals surface area contributed by atoms with Crippen LogP contribution in [0, 0.1) is 6.92 Å². The number of aryl methyl sites for hydroxylation is 1. The highest BCUT2D eigenvalue weighted by Crippen LogP contribution is 2.28. The van der Waals surface area contributed by atoms with Gasteiger partial charge in [-0.3, -0.25) is 9.59 Å². The second kappa shape index (κ2) is 11.5. The van der Waals surface area contributed by atoms with Crippen molar-refractivity contribution in [1.29, 1.82) is 0 Å². The van der Waals surface area contributed by atoms with E-state index in [4.69, 9.17) is 4.74 Å². The highest BCUT2D eigenvalue weighted by atomic mass is 16.6. The summed E-state index contributed by atoms with van der Waals surface area (Å²) in [5, 5.41) is 15.2. The lowest BCUT2D eigenvalue weighted by molar-refractivity contribution is -0.140. The minimum absolute atomic E-state index is 0.0508. The van der Waals surface area contributed by atoms with Crippen LogP contribution in [-0.2, 0) is 14.3 Å². The molecule has 0 saturated heterocycles. The fraction of sp³-hybridized carbons (Fsp3) is 0.423. The largest absolute Gasteiger partial charge is 0.508 e. The number of phenols is 1. The molecule has 0 fully saturated rings. The molecule has 184 valence electrons. The van der Waals surface area contributed by atoms with E-state index in [-0.39, 0.29) is 18.3 Å². The molecule has 2 aromatic carbocycles. The molecular formula is C26H35N3O5. The summed E-state index contributed by atoms with van der Waals surface area (Å²) in [5.41, 5.74) is 1.36. The molecule has 3 amide bonds. The number of carbonyl (C=O) groups excluding carboxylic acids is 3. The van der Waals surface area contributed by atoms with Crippen molar-refractivity contribution in [2.45, 2.75) is 65.6 Å². The predicted octanol–water partition coefficient (Wildman–Crippen LogP) is 4.53. The molecule has 0 saturated carbocycles.